The molecule has 0 aromatic heterocycles. The van der Waals surface area contributed by atoms with Gasteiger partial charge in [-0.2, -0.15) is 0 Å². The molecule has 128 valence electrons. The predicted molar refractivity (Wildman–Crippen MR) is 92.2 cm³/mol. The van der Waals surface area contributed by atoms with Crippen molar-refractivity contribution in [1.82, 2.24) is 0 Å². The summed E-state index contributed by atoms with van der Waals surface area (Å²) in [6, 6.07) is 7.78. The Bertz CT molecular complexity index is 522. The van der Waals surface area contributed by atoms with E-state index in [-0.39, 0.29) is 6.61 Å². The van der Waals surface area contributed by atoms with E-state index in [9.17, 15) is 9.90 Å². The number of esters is 1. The number of carbonyl (C=O) groups excluding carboxylic acids is 1. The summed E-state index contributed by atoms with van der Waals surface area (Å²) in [5, 5.41) is 10.3. The Balaban J connectivity index is 2.14. The molecule has 1 aromatic rings. The molecule has 1 aromatic carbocycles. The van der Waals surface area contributed by atoms with Crippen molar-refractivity contribution in [2.24, 2.45) is 11.3 Å². The molecule has 0 aliphatic heterocycles. The minimum atomic E-state index is -1.17. The highest BCUT2D eigenvalue weighted by molar-refractivity contribution is 5.76. The standard InChI is InChI=1S/C20H30O3/c1-5-23-19(22)18(21)17-9-7-6-8-16(17)14-10-12-15(13-11-14)20(2,3)4/h6-9,14-15,18,21H,5,10-13H2,1-4H3. The molecule has 0 spiro atoms. The van der Waals surface area contributed by atoms with Crippen LogP contribution in [-0.2, 0) is 9.53 Å². The quantitative estimate of drug-likeness (QED) is 0.825. The average molecular weight is 318 g/mol. The van der Waals surface area contributed by atoms with E-state index in [0.717, 1.165) is 24.3 Å². The third-order valence-corrected chi connectivity index (χ3v) is 5.19. The second-order valence-corrected chi connectivity index (χ2v) is 7.70. The van der Waals surface area contributed by atoms with E-state index in [1.54, 1.807) is 6.92 Å². The summed E-state index contributed by atoms with van der Waals surface area (Å²) in [6.45, 7) is 8.99. The predicted octanol–water partition coefficient (Wildman–Crippen LogP) is 4.60. The molecule has 3 nitrogen and oxygen atoms in total. The zero-order valence-electron chi connectivity index (χ0n) is 14.8. The summed E-state index contributed by atoms with van der Waals surface area (Å²) in [4.78, 5) is 11.9. The van der Waals surface area contributed by atoms with Crippen molar-refractivity contribution < 1.29 is 14.6 Å². The van der Waals surface area contributed by atoms with Gasteiger partial charge in [0.05, 0.1) is 6.61 Å². The monoisotopic (exact) mass is 318 g/mol. The van der Waals surface area contributed by atoms with Crippen LogP contribution in [0.5, 0.6) is 0 Å². The SMILES string of the molecule is CCOC(=O)C(O)c1ccccc1C1CCC(C(C)(C)C)CC1. The molecule has 1 fully saturated rings. The molecule has 0 bridgehead atoms. The zero-order valence-corrected chi connectivity index (χ0v) is 14.8. The van der Waals surface area contributed by atoms with Crippen LogP contribution >= 0.6 is 0 Å². The first-order valence-electron chi connectivity index (χ1n) is 8.78. The molecular formula is C20H30O3. The van der Waals surface area contributed by atoms with Crippen LogP contribution in [0.2, 0.25) is 0 Å². The van der Waals surface area contributed by atoms with Crippen molar-refractivity contribution in [1.29, 1.82) is 0 Å². The Morgan fingerprint density at radius 1 is 1.22 bits per heavy atom. The van der Waals surface area contributed by atoms with Gasteiger partial charge in [0, 0.05) is 0 Å². The van der Waals surface area contributed by atoms with Gasteiger partial charge in [-0.25, -0.2) is 4.79 Å². The highest BCUT2D eigenvalue weighted by atomic mass is 16.5. The number of rotatable bonds is 4. The number of ether oxygens (including phenoxy) is 1. The molecule has 0 heterocycles. The molecule has 1 atom stereocenters. The van der Waals surface area contributed by atoms with E-state index < -0.39 is 12.1 Å². The second-order valence-electron chi connectivity index (χ2n) is 7.70. The zero-order chi connectivity index (χ0) is 17.0. The lowest BCUT2D eigenvalue weighted by Gasteiger charge is -2.37. The normalized spacial score (nSPS) is 23.3. The third kappa shape index (κ3) is 4.35. The fraction of sp³-hybridized carbons (Fsp3) is 0.650. The number of hydrogen-bond donors (Lipinski definition) is 1. The average Bonchev–Trinajstić information content (AvgIpc) is 2.54. The van der Waals surface area contributed by atoms with E-state index in [1.807, 2.05) is 18.2 Å². The van der Waals surface area contributed by atoms with Crippen LogP contribution in [0.3, 0.4) is 0 Å². The fourth-order valence-corrected chi connectivity index (χ4v) is 3.75. The van der Waals surface area contributed by atoms with E-state index in [0.29, 0.717) is 16.9 Å². The minimum Gasteiger partial charge on any atom is -0.464 e. The summed E-state index contributed by atoms with van der Waals surface area (Å²) in [5.74, 6) is 0.623. The van der Waals surface area contributed by atoms with Crippen LogP contribution in [0, 0.1) is 11.3 Å². The molecule has 1 unspecified atom stereocenters. The minimum absolute atomic E-state index is 0.286. The van der Waals surface area contributed by atoms with Crippen molar-refractivity contribution in [3.05, 3.63) is 35.4 Å². The van der Waals surface area contributed by atoms with Gasteiger partial charge >= 0.3 is 5.97 Å². The lowest BCUT2D eigenvalue weighted by Crippen LogP contribution is -2.26. The molecule has 3 heteroatoms. The molecule has 1 saturated carbocycles. The van der Waals surface area contributed by atoms with Gasteiger partial charge in [0.15, 0.2) is 6.10 Å². The lowest BCUT2D eigenvalue weighted by molar-refractivity contribution is -0.153. The van der Waals surface area contributed by atoms with E-state index in [2.05, 4.69) is 26.8 Å². The van der Waals surface area contributed by atoms with Crippen LogP contribution in [0.25, 0.3) is 0 Å². The molecule has 2 rings (SSSR count). The molecule has 1 aliphatic carbocycles. The van der Waals surface area contributed by atoms with Gasteiger partial charge in [0.2, 0.25) is 0 Å². The number of aliphatic hydroxyl groups is 1. The molecule has 0 radical (unpaired) electrons. The summed E-state index contributed by atoms with van der Waals surface area (Å²) >= 11 is 0. The summed E-state index contributed by atoms with van der Waals surface area (Å²) in [6.07, 6.45) is 3.48. The number of aliphatic hydroxyl groups excluding tert-OH is 1. The Labute approximate surface area is 140 Å². The van der Waals surface area contributed by atoms with Gasteiger partial charge in [0.1, 0.15) is 0 Å². The van der Waals surface area contributed by atoms with Crippen molar-refractivity contribution in [2.45, 2.75) is 65.4 Å². The first-order chi connectivity index (χ1) is 10.8. The van der Waals surface area contributed by atoms with E-state index in [4.69, 9.17) is 4.74 Å². The van der Waals surface area contributed by atoms with Crippen molar-refractivity contribution in [3.8, 4) is 0 Å². The smallest absolute Gasteiger partial charge is 0.339 e. The Kier molecular flexibility index (Phi) is 5.85. The van der Waals surface area contributed by atoms with Crippen molar-refractivity contribution in [3.63, 3.8) is 0 Å². The van der Waals surface area contributed by atoms with Gasteiger partial charge in [-0.15, -0.1) is 0 Å². The van der Waals surface area contributed by atoms with Crippen molar-refractivity contribution in [2.75, 3.05) is 6.61 Å². The fourth-order valence-electron chi connectivity index (χ4n) is 3.75. The van der Waals surface area contributed by atoms with Gasteiger partial charge in [-0.05, 0) is 61.0 Å². The maximum Gasteiger partial charge on any atom is 0.339 e. The van der Waals surface area contributed by atoms with Crippen LogP contribution in [-0.4, -0.2) is 17.7 Å². The summed E-state index contributed by atoms with van der Waals surface area (Å²) < 4.78 is 4.97. The maximum absolute atomic E-state index is 11.9. The van der Waals surface area contributed by atoms with Gasteiger partial charge in [0.25, 0.3) is 0 Å². The summed E-state index contributed by atoms with van der Waals surface area (Å²) in [7, 11) is 0. The molecule has 0 saturated heterocycles. The topological polar surface area (TPSA) is 46.5 Å². The first kappa shape index (κ1) is 18.0. The van der Waals surface area contributed by atoms with Crippen molar-refractivity contribution >= 4 is 5.97 Å². The van der Waals surface area contributed by atoms with Crippen LogP contribution in [0.1, 0.15) is 76.5 Å². The second kappa shape index (κ2) is 7.48. The number of benzene rings is 1. The number of hydrogen-bond acceptors (Lipinski definition) is 3. The molecule has 0 amide bonds. The van der Waals surface area contributed by atoms with Gasteiger partial charge < -0.3 is 9.84 Å². The molecule has 23 heavy (non-hydrogen) atoms. The third-order valence-electron chi connectivity index (χ3n) is 5.19. The Hall–Kier alpha value is -1.35. The number of carbonyl (C=O) groups is 1. The van der Waals surface area contributed by atoms with E-state index >= 15 is 0 Å². The Morgan fingerprint density at radius 3 is 2.39 bits per heavy atom. The van der Waals surface area contributed by atoms with E-state index in [1.165, 1.54) is 12.8 Å². The first-order valence-corrected chi connectivity index (χ1v) is 8.78. The van der Waals surface area contributed by atoms with Crippen LogP contribution < -0.4 is 0 Å². The molecular weight excluding hydrogens is 288 g/mol. The van der Waals surface area contributed by atoms with Gasteiger partial charge in [-0.1, -0.05) is 45.0 Å². The largest absolute Gasteiger partial charge is 0.464 e. The molecule has 1 aliphatic rings. The molecule has 1 N–H and O–H groups in total. The summed E-state index contributed by atoms with van der Waals surface area (Å²) in [5.41, 5.74) is 2.18. The Morgan fingerprint density at radius 2 is 1.83 bits per heavy atom. The van der Waals surface area contributed by atoms with Crippen LogP contribution in [0.15, 0.2) is 24.3 Å². The van der Waals surface area contributed by atoms with Crippen LogP contribution in [0.4, 0.5) is 0 Å². The van der Waals surface area contributed by atoms with Gasteiger partial charge in [-0.3, -0.25) is 0 Å². The highest BCUT2D eigenvalue weighted by Crippen LogP contribution is 2.44. The lowest BCUT2D eigenvalue weighted by atomic mass is 9.68. The maximum atomic E-state index is 11.9. The highest BCUT2D eigenvalue weighted by Gasteiger charge is 2.32.